The van der Waals surface area contributed by atoms with Crippen LogP contribution in [0.1, 0.15) is 53.1 Å². The summed E-state index contributed by atoms with van der Waals surface area (Å²) in [4.78, 5) is 19.2. The fourth-order valence-corrected chi connectivity index (χ4v) is 3.36. The Morgan fingerprint density at radius 2 is 2.33 bits per heavy atom. The first-order chi connectivity index (χ1) is 11.6. The van der Waals surface area contributed by atoms with Gasteiger partial charge in [0.15, 0.2) is 0 Å². The van der Waals surface area contributed by atoms with Crippen LogP contribution in [0.15, 0.2) is 22.9 Å². The van der Waals surface area contributed by atoms with Crippen LogP contribution in [0.4, 0.5) is 5.82 Å². The number of piperidine rings is 1. The lowest BCUT2D eigenvalue weighted by Gasteiger charge is -2.33. The van der Waals surface area contributed by atoms with E-state index in [4.69, 9.17) is 4.52 Å². The molecule has 1 aliphatic rings. The highest BCUT2D eigenvalue weighted by Crippen LogP contribution is 2.29. The average molecular weight is 328 g/mol. The predicted molar refractivity (Wildman–Crippen MR) is 92.3 cm³/mol. The Morgan fingerprint density at radius 1 is 1.50 bits per heavy atom. The molecule has 1 N–H and O–H groups in total. The zero-order valence-corrected chi connectivity index (χ0v) is 14.5. The van der Waals surface area contributed by atoms with E-state index < -0.39 is 0 Å². The molecule has 1 saturated heterocycles. The number of aromatic nitrogens is 2. The number of hydrogen-bond donors (Lipinski definition) is 1. The van der Waals surface area contributed by atoms with Gasteiger partial charge < -0.3 is 14.7 Å². The van der Waals surface area contributed by atoms with Crippen molar-refractivity contribution in [2.24, 2.45) is 0 Å². The first kappa shape index (κ1) is 16.5. The fourth-order valence-electron chi connectivity index (χ4n) is 3.36. The van der Waals surface area contributed by atoms with Crippen molar-refractivity contribution in [3.63, 3.8) is 0 Å². The number of rotatable bonds is 4. The monoisotopic (exact) mass is 328 g/mol. The van der Waals surface area contributed by atoms with E-state index >= 15 is 0 Å². The number of amides is 1. The molecule has 1 amide bonds. The van der Waals surface area contributed by atoms with Crippen LogP contribution >= 0.6 is 0 Å². The van der Waals surface area contributed by atoms with Gasteiger partial charge in [-0.1, -0.05) is 12.1 Å². The van der Waals surface area contributed by atoms with Crippen LogP contribution in [-0.4, -0.2) is 41.1 Å². The van der Waals surface area contributed by atoms with Gasteiger partial charge in [0, 0.05) is 32.3 Å². The van der Waals surface area contributed by atoms with Gasteiger partial charge in [-0.3, -0.25) is 4.79 Å². The molecule has 6 nitrogen and oxygen atoms in total. The number of aryl methyl sites for hydroxylation is 2. The SMILES string of the molecule is CCc1noc(C)c1C(=O)N1CCC[C@@H](c2ccnc(NC)c2)C1. The van der Waals surface area contributed by atoms with Gasteiger partial charge in [0.1, 0.15) is 17.1 Å². The third-order valence-corrected chi connectivity index (χ3v) is 4.70. The second-order valence-corrected chi connectivity index (χ2v) is 6.23. The summed E-state index contributed by atoms with van der Waals surface area (Å²) < 4.78 is 5.23. The molecule has 1 fully saturated rings. The van der Waals surface area contributed by atoms with Crippen LogP contribution in [0.2, 0.25) is 0 Å². The van der Waals surface area contributed by atoms with Crippen LogP contribution in [0.3, 0.4) is 0 Å². The van der Waals surface area contributed by atoms with Crippen molar-refractivity contribution in [2.45, 2.75) is 39.0 Å². The molecule has 0 unspecified atom stereocenters. The lowest BCUT2D eigenvalue weighted by atomic mass is 9.90. The summed E-state index contributed by atoms with van der Waals surface area (Å²) in [5.41, 5.74) is 2.62. The number of carbonyl (C=O) groups is 1. The quantitative estimate of drug-likeness (QED) is 0.934. The van der Waals surface area contributed by atoms with Crippen LogP contribution in [0.5, 0.6) is 0 Å². The topological polar surface area (TPSA) is 71.3 Å². The Balaban J connectivity index is 1.80. The number of nitrogens with one attached hydrogen (secondary N) is 1. The molecule has 24 heavy (non-hydrogen) atoms. The van der Waals surface area contributed by atoms with Gasteiger partial charge in [0.2, 0.25) is 0 Å². The van der Waals surface area contributed by atoms with E-state index in [1.165, 1.54) is 5.56 Å². The molecule has 6 heteroatoms. The van der Waals surface area contributed by atoms with Crippen molar-refractivity contribution in [1.29, 1.82) is 0 Å². The summed E-state index contributed by atoms with van der Waals surface area (Å²) >= 11 is 0. The van der Waals surface area contributed by atoms with Crippen molar-refractivity contribution in [1.82, 2.24) is 15.0 Å². The van der Waals surface area contributed by atoms with Gasteiger partial charge in [0.25, 0.3) is 5.91 Å². The molecule has 0 spiro atoms. The first-order valence-corrected chi connectivity index (χ1v) is 8.52. The highest BCUT2D eigenvalue weighted by Gasteiger charge is 2.29. The fraction of sp³-hybridized carbons (Fsp3) is 0.500. The molecule has 3 heterocycles. The Kier molecular flexibility index (Phi) is 4.83. The van der Waals surface area contributed by atoms with Crippen LogP contribution in [-0.2, 0) is 6.42 Å². The Bertz CT molecular complexity index is 726. The van der Waals surface area contributed by atoms with E-state index in [-0.39, 0.29) is 5.91 Å². The molecule has 128 valence electrons. The minimum atomic E-state index is 0.0400. The Hall–Kier alpha value is -2.37. The van der Waals surface area contributed by atoms with E-state index in [9.17, 15) is 4.79 Å². The normalized spacial score (nSPS) is 17.8. The van der Waals surface area contributed by atoms with Crippen LogP contribution in [0.25, 0.3) is 0 Å². The maximum absolute atomic E-state index is 13.0. The Labute approximate surface area is 142 Å². The van der Waals surface area contributed by atoms with E-state index in [2.05, 4.69) is 21.5 Å². The maximum Gasteiger partial charge on any atom is 0.259 e. The van der Waals surface area contributed by atoms with Crippen molar-refractivity contribution < 1.29 is 9.32 Å². The van der Waals surface area contributed by atoms with Crippen molar-refractivity contribution in [3.05, 3.63) is 40.9 Å². The lowest BCUT2D eigenvalue weighted by molar-refractivity contribution is 0.0704. The number of hydrogen-bond acceptors (Lipinski definition) is 5. The maximum atomic E-state index is 13.0. The van der Waals surface area contributed by atoms with Crippen molar-refractivity contribution >= 4 is 11.7 Å². The second kappa shape index (κ2) is 7.03. The summed E-state index contributed by atoms with van der Waals surface area (Å²) in [7, 11) is 1.86. The molecule has 3 rings (SSSR count). The minimum absolute atomic E-state index is 0.0400. The van der Waals surface area contributed by atoms with E-state index in [1.807, 2.05) is 38.1 Å². The first-order valence-electron chi connectivity index (χ1n) is 8.52. The van der Waals surface area contributed by atoms with Crippen LogP contribution in [0, 0.1) is 6.92 Å². The van der Waals surface area contributed by atoms with E-state index in [0.29, 0.717) is 23.7 Å². The van der Waals surface area contributed by atoms with Crippen molar-refractivity contribution in [2.75, 3.05) is 25.5 Å². The van der Waals surface area contributed by atoms with Crippen LogP contribution < -0.4 is 5.32 Å². The van der Waals surface area contributed by atoms with E-state index in [1.54, 1.807) is 0 Å². The van der Waals surface area contributed by atoms with Gasteiger partial charge in [-0.25, -0.2) is 4.98 Å². The minimum Gasteiger partial charge on any atom is -0.373 e. The largest absolute Gasteiger partial charge is 0.373 e. The molecule has 1 aliphatic heterocycles. The molecule has 1 atom stereocenters. The summed E-state index contributed by atoms with van der Waals surface area (Å²) in [6.07, 6.45) is 4.60. The third kappa shape index (κ3) is 3.13. The molecule has 0 radical (unpaired) electrons. The molecular formula is C18H24N4O2. The highest BCUT2D eigenvalue weighted by molar-refractivity contribution is 5.96. The van der Waals surface area contributed by atoms with Gasteiger partial charge in [-0.15, -0.1) is 0 Å². The number of anilines is 1. The number of pyridine rings is 1. The van der Waals surface area contributed by atoms with E-state index in [0.717, 1.165) is 37.4 Å². The van der Waals surface area contributed by atoms with Gasteiger partial charge in [0.05, 0.1) is 5.69 Å². The smallest absolute Gasteiger partial charge is 0.259 e. The summed E-state index contributed by atoms with van der Waals surface area (Å²) in [5, 5.41) is 7.08. The van der Waals surface area contributed by atoms with Gasteiger partial charge in [-0.05, 0) is 43.9 Å². The van der Waals surface area contributed by atoms with Gasteiger partial charge >= 0.3 is 0 Å². The predicted octanol–water partition coefficient (Wildman–Crippen LogP) is 3.00. The third-order valence-electron chi connectivity index (χ3n) is 4.70. The summed E-state index contributed by atoms with van der Waals surface area (Å²) in [6.45, 7) is 5.30. The Morgan fingerprint density at radius 3 is 3.08 bits per heavy atom. The zero-order chi connectivity index (χ0) is 17.1. The molecule has 0 aliphatic carbocycles. The number of nitrogens with zero attached hydrogens (tertiary/aromatic N) is 3. The molecule has 0 aromatic carbocycles. The molecule has 2 aromatic rings. The summed E-state index contributed by atoms with van der Waals surface area (Å²) in [5.74, 6) is 1.85. The molecule has 2 aromatic heterocycles. The highest BCUT2D eigenvalue weighted by atomic mass is 16.5. The second-order valence-electron chi connectivity index (χ2n) is 6.23. The number of carbonyl (C=O) groups excluding carboxylic acids is 1. The molecule has 0 bridgehead atoms. The molecular weight excluding hydrogens is 304 g/mol. The standard InChI is InChI=1S/C18H24N4O2/c1-4-15-17(12(2)24-21-15)18(23)22-9-5-6-14(11-22)13-7-8-20-16(10-13)19-3/h7-8,10,14H,4-6,9,11H2,1-3H3,(H,19,20)/t14-/m1/s1. The molecule has 0 saturated carbocycles. The zero-order valence-electron chi connectivity index (χ0n) is 14.5. The summed E-state index contributed by atoms with van der Waals surface area (Å²) in [6, 6.07) is 4.11. The van der Waals surface area contributed by atoms with Crippen molar-refractivity contribution in [3.8, 4) is 0 Å². The average Bonchev–Trinajstić information content (AvgIpc) is 3.02. The number of likely N-dealkylation sites (tertiary alicyclic amines) is 1. The lowest BCUT2D eigenvalue weighted by Crippen LogP contribution is -2.39. The van der Waals surface area contributed by atoms with Gasteiger partial charge in [-0.2, -0.15) is 0 Å².